The summed E-state index contributed by atoms with van der Waals surface area (Å²) in [5.74, 6) is 0.101. The Labute approximate surface area is 110 Å². The van der Waals surface area contributed by atoms with Crippen LogP contribution >= 0.6 is 12.4 Å². The molecule has 0 aromatic heterocycles. The third kappa shape index (κ3) is 5.70. The van der Waals surface area contributed by atoms with E-state index in [2.05, 4.69) is 6.92 Å². The first kappa shape index (κ1) is 16.7. The van der Waals surface area contributed by atoms with Crippen LogP contribution < -0.4 is 5.73 Å². The van der Waals surface area contributed by atoms with Crippen LogP contribution in [0.15, 0.2) is 0 Å². The number of nitrogens with zero attached hydrogens (tertiary/aromatic N) is 1. The predicted molar refractivity (Wildman–Crippen MR) is 71.4 cm³/mol. The van der Waals surface area contributed by atoms with Crippen molar-refractivity contribution in [1.82, 2.24) is 4.90 Å². The molecule has 0 spiro atoms. The molecule has 1 aliphatic heterocycles. The van der Waals surface area contributed by atoms with Crippen molar-refractivity contribution in [2.24, 2.45) is 5.73 Å². The molecule has 1 heterocycles. The summed E-state index contributed by atoms with van der Waals surface area (Å²) in [5, 5.41) is 0. The topological polar surface area (TPSA) is 55.6 Å². The zero-order chi connectivity index (χ0) is 11.8. The molecule has 1 atom stereocenters. The molecule has 0 saturated carbocycles. The molecule has 5 heteroatoms. The third-order valence-corrected chi connectivity index (χ3v) is 3.09. The van der Waals surface area contributed by atoms with Crippen LogP contribution in [0.2, 0.25) is 0 Å². The maximum atomic E-state index is 11.8. The van der Waals surface area contributed by atoms with E-state index in [-0.39, 0.29) is 31.0 Å². The van der Waals surface area contributed by atoms with E-state index in [1.165, 1.54) is 12.8 Å². The lowest BCUT2D eigenvalue weighted by Crippen LogP contribution is -2.41. The molecule has 4 nitrogen and oxygen atoms in total. The molecule has 1 saturated heterocycles. The van der Waals surface area contributed by atoms with Gasteiger partial charge in [0.1, 0.15) is 6.61 Å². The Morgan fingerprint density at radius 1 is 1.47 bits per heavy atom. The lowest BCUT2D eigenvalue weighted by molar-refractivity contribution is -0.136. The van der Waals surface area contributed by atoms with Crippen LogP contribution in [0.3, 0.4) is 0 Å². The van der Waals surface area contributed by atoms with Crippen molar-refractivity contribution in [2.75, 3.05) is 26.3 Å². The van der Waals surface area contributed by atoms with Crippen LogP contribution in [-0.2, 0) is 9.53 Å². The Morgan fingerprint density at radius 3 is 2.88 bits per heavy atom. The third-order valence-electron chi connectivity index (χ3n) is 3.09. The summed E-state index contributed by atoms with van der Waals surface area (Å²) < 4.78 is 5.37. The van der Waals surface area contributed by atoms with E-state index in [1.54, 1.807) is 0 Å². The number of hydrogen-bond donors (Lipinski definition) is 1. The molecule has 1 rings (SSSR count). The van der Waals surface area contributed by atoms with Crippen molar-refractivity contribution >= 4 is 18.3 Å². The summed E-state index contributed by atoms with van der Waals surface area (Å²) >= 11 is 0. The normalized spacial score (nSPS) is 19.2. The van der Waals surface area contributed by atoms with Gasteiger partial charge in [0.15, 0.2) is 0 Å². The molecule has 1 unspecified atom stereocenters. The number of hydrogen-bond acceptors (Lipinski definition) is 3. The second kappa shape index (κ2) is 9.68. The highest BCUT2D eigenvalue weighted by Gasteiger charge is 2.27. The van der Waals surface area contributed by atoms with E-state index >= 15 is 0 Å². The molecule has 1 amide bonds. The Kier molecular flexibility index (Phi) is 9.50. The minimum Gasteiger partial charge on any atom is -0.372 e. The molecule has 17 heavy (non-hydrogen) atoms. The van der Waals surface area contributed by atoms with Crippen molar-refractivity contribution in [3.8, 4) is 0 Å². The van der Waals surface area contributed by atoms with E-state index in [0.29, 0.717) is 13.2 Å². The van der Waals surface area contributed by atoms with Crippen molar-refractivity contribution < 1.29 is 9.53 Å². The fourth-order valence-corrected chi connectivity index (χ4v) is 2.11. The van der Waals surface area contributed by atoms with E-state index in [9.17, 15) is 4.79 Å². The summed E-state index contributed by atoms with van der Waals surface area (Å²) in [5.41, 5.74) is 5.62. The zero-order valence-corrected chi connectivity index (χ0v) is 11.5. The maximum Gasteiger partial charge on any atom is 0.248 e. The largest absolute Gasteiger partial charge is 0.372 e. The van der Waals surface area contributed by atoms with E-state index in [0.717, 1.165) is 25.8 Å². The van der Waals surface area contributed by atoms with Crippen molar-refractivity contribution in [2.45, 2.75) is 45.1 Å². The van der Waals surface area contributed by atoms with Gasteiger partial charge in [-0.05, 0) is 19.3 Å². The Bertz CT molecular complexity index is 215. The second-order valence-corrected chi connectivity index (χ2v) is 4.38. The Morgan fingerprint density at radius 2 is 2.24 bits per heavy atom. The van der Waals surface area contributed by atoms with Crippen LogP contribution in [0.1, 0.15) is 39.0 Å². The molecular weight excluding hydrogens is 240 g/mol. The zero-order valence-electron chi connectivity index (χ0n) is 10.7. The van der Waals surface area contributed by atoms with Gasteiger partial charge in [0.05, 0.1) is 0 Å². The molecule has 0 radical (unpaired) electrons. The fourth-order valence-electron chi connectivity index (χ4n) is 2.11. The number of halogens is 1. The molecule has 0 aromatic carbocycles. The summed E-state index contributed by atoms with van der Waals surface area (Å²) in [7, 11) is 0. The van der Waals surface area contributed by atoms with Gasteiger partial charge < -0.3 is 15.4 Å². The smallest absolute Gasteiger partial charge is 0.248 e. The van der Waals surface area contributed by atoms with Crippen LogP contribution in [0.4, 0.5) is 0 Å². The molecule has 102 valence electrons. The van der Waals surface area contributed by atoms with Crippen molar-refractivity contribution in [3.05, 3.63) is 0 Å². The first-order chi connectivity index (χ1) is 7.79. The highest BCUT2D eigenvalue weighted by molar-refractivity contribution is 5.85. The number of unbranched alkanes of at least 4 members (excludes halogenated alkanes) is 2. The van der Waals surface area contributed by atoms with Gasteiger partial charge in [-0.2, -0.15) is 0 Å². The predicted octanol–water partition coefficient (Wildman–Crippen LogP) is 1.56. The van der Waals surface area contributed by atoms with Crippen LogP contribution in [0.5, 0.6) is 0 Å². The first-order valence-electron chi connectivity index (χ1n) is 6.36. The Balaban J connectivity index is 0.00000256. The van der Waals surface area contributed by atoms with Gasteiger partial charge in [-0.25, -0.2) is 0 Å². The monoisotopic (exact) mass is 264 g/mol. The molecule has 0 bridgehead atoms. The van der Waals surface area contributed by atoms with E-state index in [1.807, 2.05) is 4.90 Å². The van der Waals surface area contributed by atoms with Crippen molar-refractivity contribution in [3.63, 3.8) is 0 Å². The summed E-state index contributed by atoms with van der Waals surface area (Å²) in [6.07, 6.45) is 5.51. The standard InChI is InChI=1S/C12H24N2O2.ClH/c1-2-3-4-8-16-10-12(15)14-7-5-6-11(14)9-13;/h11H,2-10,13H2,1H3;1H. The van der Waals surface area contributed by atoms with Crippen LogP contribution in [-0.4, -0.2) is 43.2 Å². The van der Waals surface area contributed by atoms with E-state index < -0.39 is 0 Å². The van der Waals surface area contributed by atoms with Gasteiger partial charge in [0.25, 0.3) is 0 Å². The summed E-state index contributed by atoms with van der Waals surface area (Å²) in [4.78, 5) is 13.7. The minimum atomic E-state index is 0. The highest BCUT2D eigenvalue weighted by Crippen LogP contribution is 2.16. The van der Waals surface area contributed by atoms with Gasteiger partial charge in [0.2, 0.25) is 5.91 Å². The van der Waals surface area contributed by atoms with Gasteiger partial charge in [-0.3, -0.25) is 4.79 Å². The number of carbonyl (C=O) groups excluding carboxylic acids is 1. The SMILES string of the molecule is CCCCCOCC(=O)N1CCCC1CN.Cl. The average molecular weight is 265 g/mol. The first-order valence-corrected chi connectivity index (χ1v) is 6.36. The van der Waals surface area contributed by atoms with Crippen LogP contribution in [0.25, 0.3) is 0 Å². The lowest BCUT2D eigenvalue weighted by atomic mass is 10.2. The quantitative estimate of drug-likeness (QED) is 0.710. The van der Waals surface area contributed by atoms with E-state index in [4.69, 9.17) is 10.5 Å². The molecule has 1 fully saturated rings. The maximum absolute atomic E-state index is 11.8. The molecule has 2 N–H and O–H groups in total. The Hall–Kier alpha value is -0.320. The number of likely N-dealkylation sites (tertiary alicyclic amines) is 1. The van der Waals surface area contributed by atoms with Gasteiger partial charge >= 0.3 is 0 Å². The van der Waals surface area contributed by atoms with Crippen LogP contribution in [0, 0.1) is 0 Å². The molecule has 1 aliphatic rings. The number of rotatable bonds is 7. The fraction of sp³-hybridized carbons (Fsp3) is 0.917. The molecule has 0 aromatic rings. The number of nitrogens with two attached hydrogens (primary N) is 1. The number of carbonyl (C=O) groups is 1. The lowest BCUT2D eigenvalue weighted by Gasteiger charge is -2.23. The van der Waals surface area contributed by atoms with Gasteiger partial charge in [-0.15, -0.1) is 12.4 Å². The summed E-state index contributed by atoms with van der Waals surface area (Å²) in [6.45, 7) is 4.49. The molecule has 0 aliphatic carbocycles. The molecular formula is C12H25ClN2O2. The number of amides is 1. The highest BCUT2D eigenvalue weighted by atomic mass is 35.5. The van der Waals surface area contributed by atoms with Gasteiger partial charge in [-0.1, -0.05) is 19.8 Å². The average Bonchev–Trinajstić information content (AvgIpc) is 2.76. The van der Waals surface area contributed by atoms with Crippen molar-refractivity contribution in [1.29, 1.82) is 0 Å². The number of ether oxygens (including phenoxy) is 1. The summed E-state index contributed by atoms with van der Waals surface area (Å²) in [6, 6.07) is 0.242. The second-order valence-electron chi connectivity index (χ2n) is 4.38. The minimum absolute atomic E-state index is 0. The van der Waals surface area contributed by atoms with Gasteiger partial charge in [0, 0.05) is 25.7 Å².